The van der Waals surface area contributed by atoms with E-state index < -0.39 is 27.6 Å². The zero-order valence-corrected chi connectivity index (χ0v) is 26.2. The van der Waals surface area contributed by atoms with Crippen LogP contribution in [-0.2, 0) is 28.9 Å². The summed E-state index contributed by atoms with van der Waals surface area (Å²) in [6, 6.07) is 21.8. The number of esters is 1. The van der Waals surface area contributed by atoms with Crippen LogP contribution in [0.25, 0.3) is 0 Å². The number of benzene rings is 3. The van der Waals surface area contributed by atoms with Gasteiger partial charge in [0.15, 0.2) is 0 Å². The summed E-state index contributed by atoms with van der Waals surface area (Å²) in [6.45, 7) is 4.53. The fourth-order valence-electron chi connectivity index (χ4n) is 6.92. The molecule has 1 fully saturated rings. The molecule has 2 bridgehead atoms. The van der Waals surface area contributed by atoms with Gasteiger partial charge in [-0.2, -0.15) is 0 Å². The third-order valence-electron chi connectivity index (χ3n) is 8.91. The number of alkyl halides is 2. The first-order chi connectivity index (χ1) is 21.1. The van der Waals surface area contributed by atoms with Gasteiger partial charge in [0.05, 0.1) is 24.0 Å². The minimum Gasteiger partial charge on any atom is -0.462 e. The van der Waals surface area contributed by atoms with E-state index in [-0.39, 0.29) is 36.6 Å². The van der Waals surface area contributed by atoms with Crippen LogP contribution in [0.1, 0.15) is 72.1 Å². The second-order valence-electron chi connectivity index (χ2n) is 12.2. The standard InChI is InChI=1S/C35H34Cl2N2O5/c1-21(2)20-44-33(43)22-15-17-23(18-16-22)38-28(40)14-4-3-9-19-39-31(41)29-30(32(39)42)35(37)25-11-6-5-10-24(25)34(29,36)26-12-7-8-13-27(26)35/h5-8,10-13,15-18,21,29-30H,3-4,9,14,19-20H2,1-2H3,(H,38,40)/t29-,30-,34?,35?/m0/s1. The molecule has 9 heteroatoms. The van der Waals surface area contributed by atoms with Crippen molar-refractivity contribution in [3.05, 3.63) is 101 Å². The van der Waals surface area contributed by atoms with Crippen molar-refractivity contribution in [3.8, 4) is 0 Å². The number of ether oxygens (including phenoxy) is 1. The summed E-state index contributed by atoms with van der Waals surface area (Å²) in [7, 11) is 0. The molecule has 1 saturated heterocycles. The quantitative estimate of drug-likeness (QED) is 0.118. The third kappa shape index (κ3) is 4.81. The Hall–Kier alpha value is -3.68. The van der Waals surface area contributed by atoms with E-state index in [1.807, 2.05) is 62.4 Å². The molecule has 1 N–H and O–H groups in total. The average molecular weight is 634 g/mol. The molecular weight excluding hydrogens is 599 g/mol. The Morgan fingerprint density at radius 3 is 1.77 bits per heavy atom. The first-order valence-electron chi connectivity index (χ1n) is 15.1. The van der Waals surface area contributed by atoms with Gasteiger partial charge >= 0.3 is 5.97 Å². The van der Waals surface area contributed by atoms with Crippen molar-refractivity contribution in [2.75, 3.05) is 18.5 Å². The highest BCUT2D eigenvalue weighted by molar-refractivity contribution is 6.36. The van der Waals surface area contributed by atoms with E-state index in [9.17, 15) is 19.2 Å². The number of rotatable bonds is 10. The average Bonchev–Trinajstić information content (AvgIpc) is 3.29. The normalized spacial score (nSPS) is 24.6. The molecule has 1 aliphatic heterocycles. The number of nitrogens with one attached hydrogen (secondary N) is 1. The second kappa shape index (κ2) is 11.7. The fourth-order valence-corrected chi connectivity index (χ4v) is 8.01. The molecule has 0 unspecified atom stereocenters. The predicted molar refractivity (Wildman–Crippen MR) is 169 cm³/mol. The lowest BCUT2D eigenvalue weighted by Gasteiger charge is -2.54. The van der Waals surface area contributed by atoms with E-state index in [0.717, 1.165) is 22.3 Å². The number of unbranched alkanes of at least 4 members (excludes halogenated alkanes) is 2. The largest absolute Gasteiger partial charge is 0.462 e. The van der Waals surface area contributed by atoms with Gasteiger partial charge in [0.1, 0.15) is 9.75 Å². The summed E-state index contributed by atoms with van der Waals surface area (Å²) < 4.78 is 5.23. The summed E-state index contributed by atoms with van der Waals surface area (Å²) in [5.41, 5.74) is 4.15. The molecule has 3 aliphatic carbocycles. The van der Waals surface area contributed by atoms with Crippen LogP contribution in [0.3, 0.4) is 0 Å². The van der Waals surface area contributed by atoms with E-state index in [1.165, 1.54) is 4.90 Å². The Kier molecular flexibility index (Phi) is 8.05. The molecule has 0 spiro atoms. The maximum atomic E-state index is 13.9. The lowest BCUT2D eigenvalue weighted by molar-refractivity contribution is -0.140. The van der Waals surface area contributed by atoms with Crippen LogP contribution in [0.4, 0.5) is 5.69 Å². The van der Waals surface area contributed by atoms with Gasteiger partial charge in [0.25, 0.3) is 0 Å². The molecular formula is C35H34Cl2N2O5. The molecule has 44 heavy (non-hydrogen) atoms. The van der Waals surface area contributed by atoms with Crippen LogP contribution in [-0.4, -0.2) is 41.7 Å². The zero-order chi connectivity index (χ0) is 31.2. The topological polar surface area (TPSA) is 92.8 Å². The fraction of sp³-hybridized carbons (Fsp3) is 0.371. The van der Waals surface area contributed by atoms with Crippen LogP contribution < -0.4 is 5.32 Å². The molecule has 1 heterocycles. The minimum absolute atomic E-state index is 0.153. The lowest BCUT2D eigenvalue weighted by Crippen LogP contribution is -2.57. The molecule has 0 saturated carbocycles. The number of hydrogen-bond donors (Lipinski definition) is 1. The number of anilines is 1. The van der Waals surface area contributed by atoms with Gasteiger partial charge in [-0.1, -0.05) is 68.8 Å². The van der Waals surface area contributed by atoms with E-state index in [1.54, 1.807) is 24.3 Å². The number of likely N-dealkylation sites (tertiary alicyclic amines) is 1. The maximum Gasteiger partial charge on any atom is 0.338 e. The SMILES string of the molecule is CC(C)COC(=O)c1ccc(NC(=O)CCCCCN2C(=O)[C@@H]3[C@@H](C2=O)C2(Cl)c4ccccc4C3(Cl)c3ccccc32)cc1. The highest BCUT2D eigenvalue weighted by Crippen LogP contribution is 2.69. The summed E-state index contributed by atoms with van der Waals surface area (Å²) >= 11 is 14.9. The number of imide groups is 1. The van der Waals surface area contributed by atoms with Crippen LogP contribution >= 0.6 is 23.2 Å². The van der Waals surface area contributed by atoms with Gasteiger partial charge in [-0.25, -0.2) is 4.79 Å². The maximum absolute atomic E-state index is 13.9. The number of halogens is 2. The summed E-state index contributed by atoms with van der Waals surface area (Å²) in [6.07, 6.45) is 2.08. The highest BCUT2D eigenvalue weighted by Gasteiger charge is 2.72. The van der Waals surface area contributed by atoms with Crippen LogP contribution in [0.2, 0.25) is 0 Å². The Balaban J connectivity index is 1.05. The van der Waals surface area contributed by atoms with Crippen LogP contribution in [0.15, 0.2) is 72.8 Å². The number of amides is 3. The molecule has 4 aliphatic rings. The van der Waals surface area contributed by atoms with E-state index in [0.29, 0.717) is 37.1 Å². The molecule has 7 rings (SSSR count). The van der Waals surface area contributed by atoms with Gasteiger partial charge in [-0.3, -0.25) is 19.3 Å². The van der Waals surface area contributed by atoms with Crippen molar-refractivity contribution in [1.82, 2.24) is 4.90 Å². The predicted octanol–water partition coefficient (Wildman–Crippen LogP) is 6.59. The van der Waals surface area contributed by atoms with E-state index >= 15 is 0 Å². The van der Waals surface area contributed by atoms with E-state index in [4.69, 9.17) is 27.9 Å². The summed E-state index contributed by atoms with van der Waals surface area (Å²) in [5.74, 6) is -2.48. The van der Waals surface area contributed by atoms with Crippen molar-refractivity contribution in [2.24, 2.45) is 17.8 Å². The Labute approximate surface area is 266 Å². The first-order valence-corrected chi connectivity index (χ1v) is 15.8. The molecule has 0 aromatic heterocycles. The first kappa shape index (κ1) is 30.4. The smallest absolute Gasteiger partial charge is 0.338 e. The summed E-state index contributed by atoms with van der Waals surface area (Å²) in [4.78, 5) is 51.3. The van der Waals surface area contributed by atoms with Crippen LogP contribution in [0, 0.1) is 17.8 Å². The molecule has 0 radical (unpaired) electrons. The summed E-state index contributed by atoms with van der Waals surface area (Å²) in [5, 5.41) is 2.84. The van der Waals surface area contributed by atoms with E-state index in [2.05, 4.69) is 5.32 Å². The van der Waals surface area contributed by atoms with Gasteiger partial charge < -0.3 is 10.1 Å². The molecule has 3 amide bonds. The van der Waals surface area contributed by atoms with Gasteiger partial charge in [-0.05, 0) is 65.3 Å². The molecule has 3 aromatic rings. The van der Waals surface area contributed by atoms with Gasteiger partial charge in [0.2, 0.25) is 17.7 Å². The minimum atomic E-state index is -1.18. The van der Waals surface area contributed by atoms with Crippen molar-refractivity contribution in [1.29, 1.82) is 0 Å². The number of hydrogen-bond acceptors (Lipinski definition) is 5. The van der Waals surface area contributed by atoms with Crippen molar-refractivity contribution in [3.63, 3.8) is 0 Å². The van der Waals surface area contributed by atoms with Gasteiger partial charge in [-0.15, -0.1) is 23.2 Å². The van der Waals surface area contributed by atoms with Crippen molar-refractivity contribution in [2.45, 2.75) is 49.3 Å². The molecule has 228 valence electrons. The Morgan fingerprint density at radius 1 is 0.795 bits per heavy atom. The monoisotopic (exact) mass is 632 g/mol. The third-order valence-corrected chi connectivity index (χ3v) is 10.2. The number of carbonyl (C=O) groups is 4. The van der Waals surface area contributed by atoms with Gasteiger partial charge in [0, 0.05) is 18.7 Å². The number of carbonyl (C=O) groups excluding carboxylic acids is 4. The molecule has 7 nitrogen and oxygen atoms in total. The van der Waals surface area contributed by atoms with Crippen LogP contribution in [0.5, 0.6) is 0 Å². The Bertz CT molecular complexity index is 1510. The highest BCUT2D eigenvalue weighted by atomic mass is 35.5. The number of nitrogens with zero attached hydrogens (tertiary/aromatic N) is 1. The van der Waals surface area contributed by atoms with Crippen molar-refractivity contribution >= 4 is 52.6 Å². The molecule has 3 aromatic carbocycles. The second-order valence-corrected chi connectivity index (χ2v) is 13.4. The zero-order valence-electron chi connectivity index (χ0n) is 24.6. The molecule has 2 atom stereocenters. The van der Waals surface area contributed by atoms with Crippen molar-refractivity contribution < 1.29 is 23.9 Å². The lowest BCUT2D eigenvalue weighted by atomic mass is 9.54. The Morgan fingerprint density at radius 2 is 1.30 bits per heavy atom.